The van der Waals surface area contributed by atoms with E-state index in [4.69, 9.17) is 4.42 Å². The van der Waals surface area contributed by atoms with Crippen LogP contribution in [0.15, 0.2) is 10.6 Å². The molecule has 0 bridgehead atoms. The van der Waals surface area contributed by atoms with Crippen molar-refractivity contribution in [2.24, 2.45) is 5.92 Å². The highest BCUT2D eigenvalue weighted by atomic mass is 16.4. The van der Waals surface area contributed by atoms with E-state index in [2.05, 4.69) is 22.5 Å². The maximum atomic E-state index is 5.68. The Kier molecular flexibility index (Phi) is 4.73. The quantitative estimate of drug-likeness (QED) is 0.868. The van der Waals surface area contributed by atoms with E-state index in [1.807, 2.05) is 6.20 Å². The number of aromatic nitrogens is 1. The first-order valence-electron chi connectivity index (χ1n) is 8.27. The van der Waals surface area contributed by atoms with Gasteiger partial charge in [0, 0.05) is 18.5 Å². The van der Waals surface area contributed by atoms with Crippen molar-refractivity contribution >= 4 is 0 Å². The van der Waals surface area contributed by atoms with Gasteiger partial charge in [-0.3, -0.25) is 0 Å². The summed E-state index contributed by atoms with van der Waals surface area (Å²) in [5, 5.41) is 7.41. The number of oxazole rings is 1. The van der Waals surface area contributed by atoms with Crippen LogP contribution in [0.1, 0.15) is 57.1 Å². The van der Waals surface area contributed by atoms with Gasteiger partial charge in [0.15, 0.2) is 0 Å². The molecule has 3 rings (SSSR count). The van der Waals surface area contributed by atoms with E-state index < -0.39 is 0 Å². The molecule has 1 aromatic rings. The van der Waals surface area contributed by atoms with Gasteiger partial charge in [-0.2, -0.15) is 0 Å². The van der Waals surface area contributed by atoms with Crippen molar-refractivity contribution in [3.8, 4) is 0 Å². The molecule has 1 saturated carbocycles. The maximum Gasteiger partial charge on any atom is 0.208 e. The van der Waals surface area contributed by atoms with Crippen LogP contribution in [0.5, 0.6) is 0 Å². The minimum absolute atomic E-state index is 0.627. The Hall–Kier alpha value is -0.870. The molecule has 0 amide bonds. The highest BCUT2D eigenvalue weighted by Crippen LogP contribution is 2.31. The highest BCUT2D eigenvalue weighted by Gasteiger charge is 2.33. The van der Waals surface area contributed by atoms with Gasteiger partial charge in [-0.1, -0.05) is 19.8 Å². The summed E-state index contributed by atoms with van der Waals surface area (Å²) in [5.74, 6) is 2.61. The SMILES string of the molecule is CCc1cnc(CNC2CCCC2C2CCCCN2)o1. The molecule has 2 aliphatic rings. The summed E-state index contributed by atoms with van der Waals surface area (Å²) in [6.45, 7) is 4.07. The predicted molar refractivity (Wildman–Crippen MR) is 79.5 cm³/mol. The van der Waals surface area contributed by atoms with Crippen LogP contribution >= 0.6 is 0 Å². The molecule has 3 unspecified atom stereocenters. The molecule has 1 aromatic heterocycles. The highest BCUT2D eigenvalue weighted by molar-refractivity contribution is 4.96. The van der Waals surface area contributed by atoms with Crippen molar-refractivity contribution in [1.82, 2.24) is 15.6 Å². The topological polar surface area (TPSA) is 50.1 Å². The number of nitrogens with one attached hydrogen (secondary N) is 2. The molecule has 2 fully saturated rings. The minimum Gasteiger partial charge on any atom is -0.444 e. The number of hydrogen-bond acceptors (Lipinski definition) is 4. The molecule has 1 aliphatic heterocycles. The molecular formula is C16H27N3O. The number of rotatable bonds is 5. The largest absolute Gasteiger partial charge is 0.444 e. The van der Waals surface area contributed by atoms with Gasteiger partial charge >= 0.3 is 0 Å². The fourth-order valence-electron chi connectivity index (χ4n) is 3.78. The zero-order chi connectivity index (χ0) is 13.8. The Morgan fingerprint density at radius 3 is 3.00 bits per heavy atom. The standard InChI is InChI=1S/C16H27N3O/c1-2-12-10-19-16(20-12)11-18-15-8-5-6-13(15)14-7-3-4-9-17-14/h10,13-15,17-18H,2-9,11H2,1H3. The lowest BCUT2D eigenvalue weighted by atomic mass is 9.88. The van der Waals surface area contributed by atoms with Gasteiger partial charge < -0.3 is 15.1 Å². The fraction of sp³-hybridized carbons (Fsp3) is 0.812. The second-order valence-electron chi connectivity index (χ2n) is 6.21. The molecule has 0 aromatic carbocycles. The van der Waals surface area contributed by atoms with Gasteiger partial charge in [0.05, 0.1) is 12.7 Å². The average molecular weight is 277 g/mol. The Balaban J connectivity index is 1.52. The third-order valence-electron chi connectivity index (χ3n) is 4.90. The van der Waals surface area contributed by atoms with Gasteiger partial charge in [-0.05, 0) is 38.1 Å². The van der Waals surface area contributed by atoms with Gasteiger partial charge in [-0.15, -0.1) is 0 Å². The van der Waals surface area contributed by atoms with Crippen LogP contribution in [-0.2, 0) is 13.0 Å². The molecule has 1 aliphatic carbocycles. The summed E-state index contributed by atoms with van der Waals surface area (Å²) in [7, 11) is 0. The molecule has 3 atom stereocenters. The van der Waals surface area contributed by atoms with Gasteiger partial charge in [0.2, 0.25) is 5.89 Å². The monoisotopic (exact) mass is 277 g/mol. The summed E-state index contributed by atoms with van der Waals surface area (Å²) in [6, 6.07) is 1.35. The zero-order valence-electron chi connectivity index (χ0n) is 12.5. The lowest BCUT2D eigenvalue weighted by Crippen LogP contribution is -2.46. The van der Waals surface area contributed by atoms with Crippen molar-refractivity contribution in [3.63, 3.8) is 0 Å². The predicted octanol–water partition coefficient (Wildman–Crippen LogP) is 2.64. The summed E-state index contributed by atoms with van der Waals surface area (Å²) >= 11 is 0. The minimum atomic E-state index is 0.627. The lowest BCUT2D eigenvalue weighted by molar-refractivity contribution is 0.252. The Morgan fingerprint density at radius 1 is 1.30 bits per heavy atom. The molecule has 0 radical (unpaired) electrons. The summed E-state index contributed by atoms with van der Waals surface area (Å²) < 4.78 is 5.68. The second-order valence-corrected chi connectivity index (χ2v) is 6.21. The Bertz CT molecular complexity index is 412. The molecule has 1 saturated heterocycles. The van der Waals surface area contributed by atoms with E-state index in [9.17, 15) is 0 Å². The Labute approximate surface area is 121 Å². The maximum absolute atomic E-state index is 5.68. The first kappa shape index (κ1) is 14.1. The van der Waals surface area contributed by atoms with Crippen LogP contribution in [0.4, 0.5) is 0 Å². The van der Waals surface area contributed by atoms with Crippen LogP contribution < -0.4 is 10.6 Å². The van der Waals surface area contributed by atoms with E-state index in [0.29, 0.717) is 6.04 Å². The molecule has 4 heteroatoms. The molecular weight excluding hydrogens is 250 g/mol. The zero-order valence-corrected chi connectivity index (χ0v) is 12.5. The van der Waals surface area contributed by atoms with Crippen molar-refractivity contribution < 1.29 is 4.42 Å². The van der Waals surface area contributed by atoms with Crippen molar-refractivity contribution in [2.75, 3.05) is 6.54 Å². The van der Waals surface area contributed by atoms with Crippen LogP contribution in [0, 0.1) is 5.92 Å². The normalized spacial score (nSPS) is 30.8. The summed E-state index contributed by atoms with van der Waals surface area (Å²) in [5.41, 5.74) is 0. The number of nitrogens with zero attached hydrogens (tertiary/aromatic N) is 1. The number of hydrogen-bond donors (Lipinski definition) is 2. The van der Waals surface area contributed by atoms with Crippen LogP contribution in [0.25, 0.3) is 0 Å². The third kappa shape index (κ3) is 3.23. The second kappa shape index (κ2) is 6.72. The molecule has 0 spiro atoms. The summed E-state index contributed by atoms with van der Waals surface area (Å²) in [6.07, 6.45) is 10.9. The van der Waals surface area contributed by atoms with Gasteiger partial charge in [-0.25, -0.2) is 4.98 Å². The van der Waals surface area contributed by atoms with Gasteiger partial charge in [0.25, 0.3) is 0 Å². The van der Waals surface area contributed by atoms with Crippen molar-refractivity contribution in [2.45, 2.75) is 70.5 Å². The number of piperidine rings is 1. The third-order valence-corrected chi connectivity index (χ3v) is 4.90. The number of aryl methyl sites for hydroxylation is 1. The Morgan fingerprint density at radius 2 is 2.25 bits per heavy atom. The van der Waals surface area contributed by atoms with E-state index in [1.165, 1.54) is 45.1 Å². The van der Waals surface area contributed by atoms with Crippen LogP contribution in [0.3, 0.4) is 0 Å². The summed E-state index contributed by atoms with van der Waals surface area (Å²) in [4.78, 5) is 4.34. The molecule has 112 valence electrons. The van der Waals surface area contributed by atoms with Crippen molar-refractivity contribution in [1.29, 1.82) is 0 Å². The van der Waals surface area contributed by atoms with Crippen LogP contribution in [0.2, 0.25) is 0 Å². The van der Waals surface area contributed by atoms with Crippen molar-refractivity contribution in [3.05, 3.63) is 17.8 Å². The molecule has 4 nitrogen and oxygen atoms in total. The first-order chi connectivity index (χ1) is 9.86. The molecule has 2 N–H and O–H groups in total. The van der Waals surface area contributed by atoms with E-state index >= 15 is 0 Å². The van der Waals surface area contributed by atoms with E-state index in [1.54, 1.807) is 0 Å². The first-order valence-corrected chi connectivity index (χ1v) is 8.27. The van der Waals surface area contributed by atoms with Gasteiger partial charge in [0.1, 0.15) is 5.76 Å². The van der Waals surface area contributed by atoms with E-state index in [0.717, 1.165) is 36.6 Å². The molecule has 20 heavy (non-hydrogen) atoms. The smallest absolute Gasteiger partial charge is 0.208 e. The van der Waals surface area contributed by atoms with Crippen LogP contribution in [-0.4, -0.2) is 23.6 Å². The molecule has 2 heterocycles. The lowest BCUT2D eigenvalue weighted by Gasteiger charge is -2.33. The van der Waals surface area contributed by atoms with E-state index in [-0.39, 0.29) is 0 Å². The average Bonchev–Trinajstić information content (AvgIpc) is 3.15. The fourth-order valence-corrected chi connectivity index (χ4v) is 3.78.